The van der Waals surface area contributed by atoms with E-state index in [1.807, 2.05) is 0 Å². The zero-order chi connectivity index (χ0) is 15.5. The van der Waals surface area contributed by atoms with Crippen molar-refractivity contribution in [3.8, 4) is 0 Å². The van der Waals surface area contributed by atoms with Crippen LogP contribution in [0.2, 0.25) is 0 Å². The van der Waals surface area contributed by atoms with E-state index < -0.39 is 0 Å². The van der Waals surface area contributed by atoms with Gasteiger partial charge in [0.2, 0.25) is 0 Å². The van der Waals surface area contributed by atoms with Crippen LogP contribution in [0.25, 0.3) is 0 Å². The Balaban J connectivity index is 1.87. The molecule has 1 aliphatic rings. The Morgan fingerprint density at radius 3 is 2.43 bits per heavy atom. The van der Waals surface area contributed by atoms with Crippen molar-refractivity contribution in [2.45, 2.75) is 53.2 Å². The van der Waals surface area contributed by atoms with Crippen LogP contribution in [0.1, 0.15) is 44.8 Å². The van der Waals surface area contributed by atoms with E-state index in [2.05, 4.69) is 55.8 Å². The molecule has 0 spiro atoms. The second-order valence-electron chi connectivity index (χ2n) is 7.01. The largest absolute Gasteiger partial charge is 0.465 e. The molecular weight excluding hydrogens is 262 g/mol. The van der Waals surface area contributed by atoms with Crippen LogP contribution in [-0.4, -0.2) is 48.1 Å². The van der Waals surface area contributed by atoms with Crippen LogP contribution in [0.3, 0.4) is 0 Å². The molecule has 0 amide bonds. The minimum absolute atomic E-state index is 0.288. The Morgan fingerprint density at radius 1 is 1.19 bits per heavy atom. The molecule has 1 aromatic rings. The summed E-state index contributed by atoms with van der Waals surface area (Å²) in [7, 11) is 0. The van der Waals surface area contributed by atoms with Crippen molar-refractivity contribution in [1.82, 2.24) is 15.1 Å². The van der Waals surface area contributed by atoms with Crippen molar-refractivity contribution in [2.24, 2.45) is 0 Å². The topological polar surface area (TPSA) is 31.6 Å². The molecule has 1 aliphatic heterocycles. The normalized spacial score (nSPS) is 18.3. The Bertz CT molecular complexity index is 439. The van der Waals surface area contributed by atoms with Gasteiger partial charge in [0.25, 0.3) is 0 Å². The lowest BCUT2D eigenvalue weighted by molar-refractivity contribution is 0.0589. The van der Waals surface area contributed by atoms with Crippen LogP contribution in [0.4, 0.5) is 0 Å². The van der Waals surface area contributed by atoms with Gasteiger partial charge in [-0.1, -0.05) is 6.92 Å². The summed E-state index contributed by atoms with van der Waals surface area (Å²) in [6, 6.07) is 2.22. The summed E-state index contributed by atoms with van der Waals surface area (Å²) >= 11 is 0. The molecule has 4 heteroatoms. The molecule has 0 unspecified atom stereocenters. The quantitative estimate of drug-likeness (QED) is 0.904. The zero-order valence-electron chi connectivity index (χ0n) is 14.3. The average Bonchev–Trinajstić information content (AvgIpc) is 2.76. The maximum absolute atomic E-state index is 5.83. The van der Waals surface area contributed by atoms with E-state index in [0.717, 1.165) is 57.3 Å². The fourth-order valence-electron chi connectivity index (χ4n) is 2.90. The lowest BCUT2D eigenvalue weighted by Gasteiger charge is -2.42. The highest BCUT2D eigenvalue weighted by atomic mass is 16.3. The molecule has 120 valence electrons. The van der Waals surface area contributed by atoms with Crippen molar-refractivity contribution in [1.29, 1.82) is 0 Å². The second-order valence-corrected chi connectivity index (χ2v) is 7.01. The van der Waals surface area contributed by atoms with E-state index in [-0.39, 0.29) is 5.54 Å². The predicted molar refractivity (Wildman–Crippen MR) is 87.4 cm³/mol. The maximum atomic E-state index is 5.83. The highest BCUT2D eigenvalue weighted by Crippen LogP contribution is 2.20. The summed E-state index contributed by atoms with van der Waals surface area (Å²) in [5.74, 6) is 2.12. The van der Waals surface area contributed by atoms with Gasteiger partial charge in [-0.05, 0) is 40.3 Å². The number of furan rings is 1. The molecule has 0 radical (unpaired) electrons. The third kappa shape index (κ3) is 4.56. The van der Waals surface area contributed by atoms with Crippen LogP contribution in [0.5, 0.6) is 0 Å². The van der Waals surface area contributed by atoms with Gasteiger partial charge in [0.15, 0.2) is 0 Å². The van der Waals surface area contributed by atoms with E-state index >= 15 is 0 Å². The first kappa shape index (κ1) is 16.5. The molecule has 4 nitrogen and oxygen atoms in total. The molecule has 1 N–H and O–H groups in total. The lowest BCUT2D eigenvalue weighted by atomic mass is 10.0. The number of nitrogens with zero attached hydrogens (tertiary/aromatic N) is 2. The van der Waals surface area contributed by atoms with Gasteiger partial charge in [-0.15, -0.1) is 0 Å². The predicted octanol–water partition coefficient (Wildman–Crippen LogP) is 2.61. The lowest BCUT2D eigenvalue weighted by Crippen LogP contribution is -2.53. The van der Waals surface area contributed by atoms with Gasteiger partial charge in [-0.2, -0.15) is 0 Å². The summed E-state index contributed by atoms with van der Waals surface area (Å²) in [5, 5.41) is 3.32. The van der Waals surface area contributed by atoms with Crippen molar-refractivity contribution >= 4 is 0 Å². The molecule has 0 bridgehead atoms. The molecule has 1 fully saturated rings. The first-order chi connectivity index (χ1) is 9.90. The molecular formula is C17H31N3O. The standard InChI is InChI=1S/C17H31N3O/c1-6-18-12-16-11-15(14(2)21-16)13-19-7-9-20(10-8-19)17(3,4)5/h11,18H,6-10,12-13H2,1-5H3. The zero-order valence-corrected chi connectivity index (χ0v) is 14.3. The highest BCUT2D eigenvalue weighted by molar-refractivity contribution is 5.20. The van der Waals surface area contributed by atoms with Gasteiger partial charge in [-0.3, -0.25) is 9.80 Å². The Labute approximate surface area is 129 Å². The Kier molecular flexibility index (Phi) is 5.47. The smallest absolute Gasteiger partial charge is 0.118 e. The molecule has 0 saturated carbocycles. The number of hydrogen-bond acceptors (Lipinski definition) is 4. The number of nitrogens with one attached hydrogen (secondary N) is 1. The Hall–Kier alpha value is -0.840. The number of piperazine rings is 1. The van der Waals surface area contributed by atoms with Gasteiger partial charge in [-0.25, -0.2) is 0 Å². The van der Waals surface area contributed by atoms with Gasteiger partial charge < -0.3 is 9.73 Å². The Morgan fingerprint density at radius 2 is 1.86 bits per heavy atom. The van der Waals surface area contributed by atoms with Crippen LogP contribution in [0, 0.1) is 6.92 Å². The summed E-state index contributed by atoms with van der Waals surface area (Å²) in [6.45, 7) is 18.5. The highest BCUT2D eigenvalue weighted by Gasteiger charge is 2.26. The van der Waals surface area contributed by atoms with E-state index in [0.29, 0.717) is 0 Å². The van der Waals surface area contributed by atoms with Gasteiger partial charge in [0, 0.05) is 43.8 Å². The third-order valence-corrected chi connectivity index (χ3v) is 4.34. The number of aryl methyl sites for hydroxylation is 1. The van der Waals surface area contributed by atoms with E-state index in [1.165, 1.54) is 5.56 Å². The molecule has 0 aliphatic carbocycles. The summed E-state index contributed by atoms with van der Waals surface area (Å²) < 4.78 is 5.83. The van der Waals surface area contributed by atoms with Crippen LogP contribution >= 0.6 is 0 Å². The van der Waals surface area contributed by atoms with Crippen LogP contribution < -0.4 is 5.32 Å². The van der Waals surface area contributed by atoms with Crippen LogP contribution in [0.15, 0.2) is 10.5 Å². The molecule has 0 aromatic carbocycles. The minimum atomic E-state index is 0.288. The van der Waals surface area contributed by atoms with Crippen molar-refractivity contribution in [2.75, 3.05) is 32.7 Å². The van der Waals surface area contributed by atoms with Gasteiger partial charge in [0.1, 0.15) is 11.5 Å². The van der Waals surface area contributed by atoms with Crippen molar-refractivity contribution < 1.29 is 4.42 Å². The van der Waals surface area contributed by atoms with E-state index in [4.69, 9.17) is 4.42 Å². The maximum Gasteiger partial charge on any atom is 0.118 e. The second kappa shape index (κ2) is 6.95. The van der Waals surface area contributed by atoms with Gasteiger partial charge in [0.05, 0.1) is 6.54 Å². The SMILES string of the molecule is CCNCc1cc(CN2CCN(C(C)(C)C)CC2)c(C)o1. The molecule has 21 heavy (non-hydrogen) atoms. The molecule has 0 atom stereocenters. The van der Waals surface area contributed by atoms with Crippen molar-refractivity contribution in [3.05, 3.63) is 23.2 Å². The third-order valence-electron chi connectivity index (χ3n) is 4.34. The van der Waals surface area contributed by atoms with E-state index in [1.54, 1.807) is 0 Å². The summed E-state index contributed by atoms with van der Waals surface area (Å²) in [5.41, 5.74) is 1.63. The first-order valence-electron chi connectivity index (χ1n) is 8.16. The fourth-order valence-corrected chi connectivity index (χ4v) is 2.90. The first-order valence-corrected chi connectivity index (χ1v) is 8.16. The van der Waals surface area contributed by atoms with E-state index in [9.17, 15) is 0 Å². The molecule has 1 saturated heterocycles. The minimum Gasteiger partial charge on any atom is -0.465 e. The number of rotatable bonds is 5. The fraction of sp³-hybridized carbons (Fsp3) is 0.765. The summed E-state index contributed by atoms with van der Waals surface area (Å²) in [4.78, 5) is 5.11. The average molecular weight is 293 g/mol. The van der Waals surface area contributed by atoms with Gasteiger partial charge >= 0.3 is 0 Å². The van der Waals surface area contributed by atoms with Crippen LogP contribution in [-0.2, 0) is 13.1 Å². The number of hydrogen-bond donors (Lipinski definition) is 1. The molecule has 2 rings (SSSR count). The molecule has 2 heterocycles. The van der Waals surface area contributed by atoms with Crippen molar-refractivity contribution in [3.63, 3.8) is 0 Å². The molecule has 1 aromatic heterocycles. The summed E-state index contributed by atoms with van der Waals surface area (Å²) in [6.07, 6.45) is 0. The monoisotopic (exact) mass is 293 g/mol.